The molecule has 2 aromatic rings. The molecular formula is C20H22S2. The fourth-order valence-electron chi connectivity index (χ4n) is 3.55. The van der Waals surface area contributed by atoms with E-state index in [0.717, 1.165) is 5.75 Å². The van der Waals surface area contributed by atoms with E-state index in [1.54, 1.807) is 27.8 Å². The van der Waals surface area contributed by atoms with Crippen LogP contribution in [-0.2, 0) is 25.0 Å². The largest absolute Gasteiger partial charge is 0.161 e. The average molecular weight is 327 g/mol. The van der Waals surface area contributed by atoms with Gasteiger partial charge in [-0.05, 0) is 65.0 Å². The van der Waals surface area contributed by atoms with Crippen molar-refractivity contribution in [2.75, 3.05) is 11.5 Å². The highest BCUT2D eigenvalue weighted by atomic mass is 32.2. The van der Waals surface area contributed by atoms with Crippen LogP contribution >= 0.6 is 23.5 Å². The first-order valence-electron chi connectivity index (χ1n) is 8.28. The van der Waals surface area contributed by atoms with Gasteiger partial charge in [0.05, 0.1) is 0 Å². The second-order valence-corrected chi connectivity index (χ2v) is 8.66. The Kier molecular flexibility index (Phi) is 4.49. The molecule has 0 aromatic heterocycles. The zero-order valence-electron chi connectivity index (χ0n) is 12.9. The third-order valence-corrected chi connectivity index (χ3v) is 7.24. The zero-order valence-corrected chi connectivity index (χ0v) is 14.5. The molecule has 0 N–H and O–H groups in total. The summed E-state index contributed by atoms with van der Waals surface area (Å²) in [6, 6.07) is 16.3. The van der Waals surface area contributed by atoms with Crippen LogP contribution in [-0.4, -0.2) is 11.5 Å². The second-order valence-electron chi connectivity index (χ2n) is 6.25. The van der Waals surface area contributed by atoms with Crippen molar-refractivity contribution in [1.29, 1.82) is 0 Å². The summed E-state index contributed by atoms with van der Waals surface area (Å²) in [5.74, 6) is 3.74. The molecule has 114 valence electrons. The van der Waals surface area contributed by atoms with E-state index in [4.69, 9.17) is 0 Å². The average Bonchev–Trinajstić information content (AvgIpc) is 2.92. The Morgan fingerprint density at radius 2 is 1.55 bits per heavy atom. The predicted molar refractivity (Wildman–Crippen MR) is 100.0 cm³/mol. The minimum Gasteiger partial charge on any atom is -0.161 e. The smallest absolute Gasteiger partial charge is 0.0303 e. The Morgan fingerprint density at radius 1 is 0.773 bits per heavy atom. The van der Waals surface area contributed by atoms with E-state index >= 15 is 0 Å². The van der Waals surface area contributed by atoms with E-state index in [1.165, 1.54) is 37.2 Å². The van der Waals surface area contributed by atoms with E-state index in [2.05, 4.69) is 66.0 Å². The van der Waals surface area contributed by atoms with Crippen molar-refractivity contribution in [3.05, 3.63) is 70.3 Å². The molecule has 0 amide bonds. The second kappa shape index (κ2) is 6.72. The molecule has 1 atom stereocenters. The number of thioether (sulfide) groups is 2. The summed E-state index contributed by atoms with van der Waals surface area (Å²) in [5.41, 5.74) is 7.87. The van der Waals surface area contributed by atoms with Crippen LogP contribution in [0.1, 0.15) is 39.5 Å². The van der Waals surface area contributed by atoms with Gasteiger partial charge in [-0.3, -0.25) is 0 Å². The molecule has 2 aromatic carbocycles. The standard InChI is InChI=1S/C20H22S2/c1-2-4-19-14-22-20(8-7-15(19)3-1)18-6-5-16-9-11-21-12-10-17(16)13-18/h1-6,13,20H,7-12,14H2. The highest BCUT2D eigenvalue weighted by Gasteiger charge is 2.19. The van der Waals surface area contributed by atoms with Crippen LogP contribution in [0.3, 0.4) is 0 Å². The van der Waals surface area contributed by atoms with Crippen LogP contribution < -0.4 is 0 Å². The van der Waals surface area contributed by atoms with E-state index in [-0.39, 0.29) is 0 Å². The summed E-state index contributed by atoms with van der Waals surface area (Å²) in [6.45, 7) is 0. The summed E-state index contributed by atoms with van der Waals surface area (Å²) in [7, 11) is 0. The molecular weight excluding hydrogens is 304 g/mol. The Balaban J connectivity index is 1.57. The molecule has 0 bridgehead atoms. The number of benzene rings is 2. The van der Waals surface area contributed by atoms with Crippen molar-refractivity contribution in [2.45, 2.75) is 36.7 Å². The normalized spacial score (nSPS) is 21.4. The summed E-state index contributed by atoms with van der Waals surface area (Å²) in [4.78, 5) is 0. The fourth-order valence-corrected chi connectivity index (χ4v) is 5.77. The van der Waals surface area contributed by atoms with Crippen molar-refractivity contribution in [3.8, 4) is 0 Å². The Hall–Kier alpha value is -0.860. The summed E-state index contributed by atoms with van der Waals surface area (Å²) < 4.78 is 0. The first-order valence-corrected chi connectivity index (χ1v) is 10.5. The molecule has 0 radical (unpaired) electrons. The first kappa shape index (κ1) is 14.7. The van der Waals surface area contributed by atoms with Gasteiger partial charge in [-0.1, -0.05) is 42.5 Å². The van der Waals surface area contributed by atoms with Gasteiger partial charge < -0.3 is 0 Å². The molecule has 2 heteroatoms. The van der Waals surface area contributed by atoms with Gasteiger partial charge in [-0.25, -0.2) is 0 Å². The lowest BCUT2D eigenvalue weighted by atomic mass is 9.96. The van der Waals surface area contributed by atoms with Crippen molar-refractivity contribution in [1.82, 2.24) is 0 Å². The van der Waals surface area contributed by atoms with Crippen LogP contribution in [0.4, 0.5) is 0 Å². The van der Waals surface area contributed by atoms with E-state index < -0.39 is 0 Å². The maximum absolute atomic E-state index is 2.52. The van der Waals surface area contributed by atoms with E-state index in [1.807, 2.05) is 0 Å². The van der Waals surface area contributed by atoms with Crippen LogP contribution in [0.5, 0.6) is 0 Å². The first-order chi connectivity index (χ1) is 10.9. The van der Waals surface area contributed by atoms with Crippen LogP contribution in [0.15, 0.2) is 42.5 Å². The number of rotatable bonds is 1. The molecule has 0 saturated heterocycles. The maximum Gasteiger partial charge on any atom is 0.0303 e. The van der Waals surface area contributed by atoms with Crippen molar-refractivity contribution in [3.63, 3.8) is 0 Å². The Morgan fingerprint density at radius 3 is 2.45 bits per heavy atom. The lowest BCUT2D eigenvalue weighted by molar-refractivity contribution is 0.806. The summed E-state index contributed by atoms with van der Waals surface area (Å²) in [5, 5.41) is 0.661. The molecule has 4 rings (SSSR count). The van der Waals surface area contributed by atoms with Gasteiger partial charge in [0.15, 0.2) is 0 Å². The molecule has 22 heavy (non-hydrogen) atoms. The highest BCUT2D eigenvalue weighted by molar-refractivity contribution is 7.99. The quantitative estimate of drug-likeness (QED) is 0.684. The monoisotopic (exact) mass is 326 g/mol. The summed E-state index contributed by atoms with van der Waals surface area (Å²) in [6.07, 6.45) is 5.00. The molecule has 0 nitrogen and oxygen atoms in total. The number of fused-ring (bicyclic) bond motifs is 2. The lowest BCUT2D eigenvalue weighted by Crippen LogP contribution is -1.99. The van der Waals surface area contributed by atoms with Gasteiger partial charge in [-0.15, -0.1) is 11.8 Å². The Bertz CT molecular complexity index is 636. The molecule has 2 aliphatic rings. The van der Waals surface area contributed by atoms with Crippen molar-refractivity contribution >= 4 is 23.5 Å². The van der Waals surface area contributed by atoms with Crippen molar-refractivity contribution < 1.29 is 0 Å². The molecule has 0 fully saturated rings. The lowest BCUT2D eigenvalue weighted by Gasteiger charge is -2.16. The molecule has 0 aliphatic carbocycles. The van der Waals surface area contributed by atoms with Crippen LogP contribution in [0.2, 0.25) is 0 Å². The van der Waals surface area contributed by atoms with Gasteiger partial charge >= 0.3 is 0 Å². The van der Waals surface area contributed by atoms with Crippen LogP contribution in [0, 0.1) is 0 Å². The minimum atomic E-state index is 0.661. The maximum atomic E-state index is 2.52. The zero-order chi connectivity index (χ0) is 14.8. The van der Waals surface area contributed by atoms with E-state index in [9.17, 15) is 0 Å². The number of hydrogen-bond acceptors (Lipinski definition) is 2. The number of hydrogen-bond donors (Lipinski definition) is 0. The fraction of sp³-hybridized carbons (Fsp3) is 0.400. The van der Waals surface area contributed by atoms with Crippen LogP contribution in [0.25, 0.3) is 0 Å². The third kappa shape index (κ3) is 3.09. The topological polar surface area (TPSA) is 0 Å². The van der Waals surface area contributed by atoms with Gasteiger partial charge in [0, 0.05) is 11.0 Å². The molecule has 2 heterocycles. The minimum absolute atomic E-state index is 0.661. The predicted octanol–water partition coefficient (Wildman–Crippen LogP) is 5.44. The van der Waals surface area contributed by atoms with Gasteiger partial charge in [0.1, 0.15) is 0 Å². The molecule has 2 aliphatic heterocycles. The summed E-state index contributed by atoms with van der Waals surface area (Å²) >= 11 is 4.23. The highest BCUT2D eigenvalue weighted by Crippen LogP contribution is 2.40. The molecule has 0 spiro atoms. The number of aryl methyl sites for hydroxylation is 3. The van der Waals surface area contributed by atoms with E-state index in [0.29, 0.717) is 5.25 Å². The molecule has 0 saturated carbocycles. The third-order valence-electron chi connectivity index (χ3n) is 4.87. The van der Waals surface area contributed by atoms with Gasteiger partial charge in [0.2, 0.25) is 0 Å². The van der Waals surface area contributed by atoms with Gasteiger partial charge in [-0.2, -0.15) is 11.8 Å². The molecule has 1 unspecified atom stereocenters. The van der Waals surface area contributed by atoms with Crippen molar-refractivity contribution in [2.24, 2.45) is 0 Å². The Labute approximate surface area is 142 Å². The SMILES string of the molecule is c1ccc2c(c1)CCC(c1ccc3c(c1)CCSCC3)SC2. The van der Waals surface area contributed by atoms with Gasteiger partial charge in [0.25, 0.3) is 0 Å².